The minimum absolute atomic E-state index is 0.0929. The molecule has 3 rings (SSSR count). The fourth-order valence-electron chi connectivity index (χ4n) is 3.28. The largest absolute Gasteiger partial charge is 0.504 e. The average molecular weight is 385 g/mol. The zero-order valence-electron chi connectivity index (χ0n) is 16.4. The van der Waals surface area contributed by atoms with Gasteiger partial charge in [0.2, 0.25) is 0 Å². The first-order valence-corrected chi connectivity index (χ1v) is 9.06. The third-order valence-electron chi connectivity index (χ3n) is 5.04. The van der Waals surface area contributed by atoms with E-state index in [1.807, 2.05) is 13.8 Å². The van der Waals surface area contributed by atoms with Gasteiger partial charge in [-0.3, -0.25) is 4.79 Å². The zero-order chi connectivity index (χ0) is 20.6. The zero-order valence-corrected chi connectivity index (χ0v) is 16.4. The van der Waals surface area contributed by atoms with Gasteiger partial charge in [0.1, 0.15) is 5.82 Å². The number of amides is 1. The van der Waals surface area contributed by atoms with Crippen LogP contribution in [-0.4, -0.2) is 44.5 Å². The predicted molar refractivity (Wildman–Crippen MR) is 104 cm³/mol. The molecule has 0 aliphatic heterocycles. The summed E-state index contributed by atoms with van der Waals surface area (Å²) in [6.45, 7) is 3.69. The van der Waals surface area contributed by atoms with Gasteiger partial charge in [-0.05, 0) is 32.8 Å². The van der Waals surface area contributed by atoms with Gasteiger partial charge in [0.05, 0.1) is 17.4 Å². The van der Waals surface area contributed by atoms with E-state index >= 15 is 0 Å². The molecule has 6 nitrogen and oxygen atoms in total. The fourth-order valence-corrected chi connectivity index (χ4v) is 3.28. The number of aryl methyl sites for hydroxylation is 2. The van der Waals surface area contributed by atoms with Crippen LogP contribution in [0.5, 0.6) is 5.75 Å². The Bertz CT molecular complexity index is 1040. The van der Waals surface area contributed by atoms with Gasteiger partial charge in [-0.15, -0.1) is 0 Å². The lowest BCUT2D eigenvalue weighted by molar-refractivity contribution is 0.0824. The minimum Gasteiger partial charge on any atom is -0.504 e. The van der Waals surface area contributed by atoms with Crippen molar-refractivity contribution < 1.29 is 19.4 Å². The van der Waals surface area contributed by atoms with Crippen LogP contribution >= 0.6 is 0 Å². The van der Waals surface area contributed by atoms with Gasteiger partial charge in [0.15, 0.2) is 11.4 Å². The van der Waals surface area contributed by atoms with E-state index in [0.717, 1.165) is 11.4 Å². The quantitative estimate of drug-likeness (QED) is 0.707. The van der Waals surface area contributed by atoms with Gasteiger partial charge in [-0.25, -0.2) is 9.37 Å². The Morgan fingerprint density at radius 1 is 1.29 bits per heavy atom. The molecule has 1 atom stereocenters. The molecule has 1 aromatic carbocycles. The lowest BCUT2D eigenvalue weighted by Crippen LogP contribution is -2.24. The number of nitrogens with zero attached hydrogens (tertiary/aromatic N) is 3. The molecular weight excluding hydrogens is 361 g/mol. The number of aliphatic hydroxyl groups excluding tert-OH is 1. The Kier molecular flexibility index (Phi) is 5.38. The molecule has 0 unspecified atom stereocenters. The van der Waals surface area contributed by atoms with Gasteiger partial charge < -0.3 is 19.5 Å². The highest BCUT2D eigenvalue weighted by molar-refractivity contribution is 5.96. The van der Waals surface area contributed by atoms with Gasteiger partial charge >= 0.3 is 0 Å². The second-order valence-corrected chi connectivity index (χ2v) is 7.12. The van der Waals surface area contributed by atoms with Gasteiger partial charge in [-0.2, -0.15) is 0 Å². The number of halogens is 1. The Balaban J connectivity index is 2.03. The minimum atomic E-state index is -1.05. The second-order valence-electron chi connectivity index (χ2n) is 7.12. The standard InChI is InChI=1S/C21H24FN3O3/c1-12-13(2)25-11-16(21(28)24(3)4)14(19(27)20(25)23-12)9-10-18(26)15-7-5-6-8-17(15)22/h5-8,11,18,26-27H,9-10H2,1-4H3/t18-/m0/s1. The SMILES string of the molecule is Cc1nc2c(O)c(CC[C@H](O)c3ccccc3F)c(C(=O)N(C)C)cn2c1C. The number of pyridine rings is 1. The van der Waals surface area contributed by atoms with Crippen LogP contribution in [-0.2, 0) is 6.42 Å². The molecule has 0 aliphatic rings. The molecule has 2 aromatic heterocycles. The molecule has 3 aromatic rings. The van der Waals surface area contributed by atoms with Crippen LogP contribution in [0.2, 0.25) is 0 Å². The highest BCUT2D eigenvalue weighted by Crippen LogP contribution is 2.32. The molecule has 0 fully saturated rings. The summed E-state index contributed by atoms with van der Waals surface area (Å²) in [5, 5.41) is 21.2. The maximum absolute atomic E-state index is 13.9. The second kappa shape index (κ2) is 7.59. The first kappa shape index (κ1) is 19.8. The van der Waals surface area contributed by atoms with E-state index in [4.69, 9.17) is 0 Å². The summed E-state index contributed by atoms with van der Waals surface area (Å²) in [5.41, 5.74) is 2.86. The summed E-state index contributed by atoms with van der Waals surface area (Å²) in [6, 6.07) is 6.03. The Hall–Kier alpha value is -2.93. The number of rotatable bonds is 5. The highest BCUT2D eigenvalue weighted by atomic mass is 19.1. The van der Waals surface area contributed by atoms with Crippen LogP contribution < -0.4 is 0 Å². The number of carbonyl (C=O) groups is 1. The summed E-state index contributed by atoms with van der Waals surface area (Å²) in [4.78, 5) is 18.5. The number of aromatic nitrogens is 2. The number of imidazole rings is 1. The van der Waals surface area contributed by atoms with Crippen molar-refractivity contribution in [2.45, 2.75) is 32.8 Å². The number of aromatic hydroxyl groups is 1. The van der Waals surface area contributed by atoms with Crippen molar-refractivity contribution in [3.05, 3.63) is 64.4 Å². The van der Waals surface area contributed by atoms with Crippen molar-refractivity contribution in [1.82, 2.24) is 14.3 Å². The number of benzene rings is 1. The third kappa shape index (κ3) is 3.45. The topological polar surface area (TPSA) is 78.1 Å². The number of hydrogen-bond acceptors (Lipinski definition) is 4. The van der Waals surface area contributed by atoms with E-state index in [9.17, 15) is 19.4 Å². The summed E-state index contributed by atoms with van der Waals surface area (Å²) in [6.07, 6.45) is 0.953. The Morgan fingerprint density at radius 3 is 2.61 bits per heavy atom. The molecular formula is C21H24FN3O3. The monoisotopic (exact) mass is 385 g/mol. The predicted octanol–water partition coefficient (Wildman–Crippen LogP) is 3.16. The highest BCUT2D eigenvalue weighted by Gasteiger charge is 2.23. The van der Waals surface area contributed by atoms with Gasteiger partial charge in [0.25, 0.3) is 5.91 Å². The maximum atomic E-state index is 13.9. The average Bonchev–Trinajstić information content (AvgIpc) is 2.95. The summed E-state index contributed by atoms with van der Waals surface area (Å²) in [5.74, 6) is -0.846. The van der Waals surface area contributed by atoms with Crippen LogP contribution in [0.15, 0.2) is 30.5 Å². The van der Waals surface area contributed by atoms with Crippen LogP contribution in [0.3, 0.4) is 0 Å². The lowest BCUT2D eigenvalue weighted by atomic mass is 9.97. The van der Waals surface area contributed by atoms with Crippen LogP contribution in [0.4, 0.5) is 4.39 Å². The summed E-state index contributed by atoms with van der Waals surface area (Å²) in [7, 11) is 3.27. The molecule has 0 bridgehead atoms. The number of carbonyl (C=O) groups excluding carboxylic acids is 1. The molecule has 2 N–H and O–H groups in total. The third-order valence-corrected chi connectivity index (χ3v) is 5.04. The molecule has 2 heterocycles. The van der Waals surface area contributed by atoms with E-state index in [1.54, 1.807) is 36.8 Å². The smallest absolute Gasteiger partial charge is 0.255 e. The van der Waals surface area contributed by atoms with E-state index in [-0.39, 0.29) is 30.1 Å². The first-order chi connectivity index (χ1) is 13.2. The fraction of sp³-hybridized carbons (Fsp3) is 0.333. The van der Waals surface area contributed by atoms with E-state index in [1.165, 1.54) is 17.0 Å². The first-order valence-electron chi connectivity index (χ1n) is 9.06. The van der Waals surface area contributed by atoms with Gasteiger partial charge in [0, 0.05) is 37.1 Å². The molecule has 0 spiro atoms. The Morgan fingerprint density at radius 2 is 1.96 bits per heavy atom. The van der Waals surface area contributed by atoms with E-state index in [0.29, 0.717) is 16.8 Å². The molecule has 28 heavy (non-hydrogen) atoms. The maximum Gasteiger partial charge on any atom is 0.255 e. The summed E-state index contributed by atoms with van der Waals surface area (Å²) >= 11 is 0. The molecule has 7 heteroatoms. The molecule has 1 amide bonds. The van der Waals surface area contributed by atoms with E-state index in [2.05, 4.69) is 4.98 Å². The van der Waals surface area contributed by atoms with Crippen molar-refractivity contribution in [3.8, 4) is 5.75 Å². The summed E-state index contributed by atoms with van der Waals surface area (Å²) < 4.78 is 15.6. The van der Waals surface area contributed by atoms with Crippen LogP contribution in [0, 0.1) is 19.7 Å². The number of hydrogen-bond donors (Lipinski definition) is 2. The van der Waals surface area contributed by atoms with Crippen molar-refractivity contribution in [2.24, 2.45) is 0 Å². The van der Waals surface area contributed by atoms with Crippen molar-refractivity contribution in [2.75, 3.05) is 14.1 Å². The Labute approximate surface area is 162 Å². The van der Waals surface area contributed by atoms with Crippen LogP contribution in [0.1, 0.15) is 45.4 Å². The molecule has 148 valence electrons. The van der Waals surface area contributed by atoms with E-state index < -0.39 is 11.9 Å². The lowest BCUT2D eigenvalue weighted by Gasteiger charge is -2.18. The van der Waals surface area contributed by atoms with Crippen molar-refractivity contribution >= 4 is 11.6 Å². The van der Waals surface area contributed by atoms with Crippen molar-refractivity contribution in [1.29, 1.82) is 0 Å². The normalized spacial score (nSPS) is 12.4. The number of aliphatic hydroxyl groups is 1. The van der Waals surface area contributed by atoms with Crippen molar-refractivity contribution in [3.63, 3.8) is 0 Å². The molecule has 0 radical (unpaired) electrons. The molecule has 0 saturated carbocycles. The molecule has 0 saturated heterocycles. The molecule has 0 aliphatic carbocycles. The van der Waals surface area contributed by atoms with Crippen LogP contribution in [0.25, 0.3) is 5.65 Å². The van der Waals surface area contributed by atoms with Gasteiger partial charge in [-0.1, -0.05) is 18.2 Å². The number of fused-ring (bicyclic) bond motifs is 1.